The molecule has 1 amide bonds. The first-order valence-electron chi connectivity index (χ1n) is 10.5. The lowest BCUT2D eigenvalue weighted by molar-refractivity contribution is 0.0945. The summed E-state index contributed by atoms with van der Waals surface area (Å²) in [6, 6.07) is 15.3. The SMILES string of the molecule is O=C(NCc1cccnc1)c1coc(CN(Cc2ccc(F)cc2)Cc2ccc(Cl)cc2Cl)n1. The molecule has 4 rings (SSSR count). The Hall–Kier alpha value is -3.26. The van der Waals surface area contributed by atoms with Crippen LogP contribution in [-0.2, 0) is 26.2 Å². The number of benzene rings is 2. The Morgan fingerprint density at radius 2 is 1.85 bits per heavy atom. The van der Waals surface area contributed by atoms with E-state index in [-0.39, 0.29) is 17.4 Å². The minimum atomic E-state index is -0.343. The normalized spacial score (nSPS) is 11.1. The van der Waals surface area contributed by atoms with E-state index in [0.29, 0.717) is 42.1 Å². The van der Waals surface area contributed by atoms with Gasteiger partial charge in [-0.2, -0.15) is 0 Å². The summed E-state index contributed by atoms with van der Waals surface area (Å²) in [6.45, 7) is 1.61. The zero-order chi connectivity index (χ0) is 23.9. The minimum absolute atomic E-state index is 0.185. The number of nitrogens with one attached hydrogen (secondary N) is 1. The number of carbonyl (C=O) groups is 1. The summed E-state index contributed by atoms with van der Waals surface area (Å²) in [7, 11) is 0. The van der Waals surface area contributed by atoms with Gasteiger partial charge >= 0.3 is 0 Å². The maximum atomic E-state index is 13.3. The molecular formula is C25H21Cl2FN4O2. The molecule has 0 bridgehead atoms. The third-order valence-corrected chi connectivity index (χ3v) is 5.63. The standard InChI is InChI=1S/C25H21Cl2FN4O2/c26-20-6-5-19(22(27)10-20)14-32(13-17-3-7-21(28)8-4-17)15-24-31-23(16-34-24)25(33)30-12-18-2-1-9-29-11-18/h1-11,16H,12-15H2,(H,30,33). The van der Waals surface area contributed by atoms with Crippen LogP contribution in [0.1, 0.15) is 33.1 Å². The second kappa shape index (κ2) is 11.2. The Morgan fingerprint density at radius 1 is 1.03 bits per heavy atom. The van der Waals surface area contributed by atoms with Crippen molar-refractivity contribution < 1.29 is 13.6 Å². The van der Waals surface area contributed by atoms with Crippen LogP contribution >= 0.6 is 23.2 Å². The Labute approximate surface area is 206 Å². The molecule has 0 atom stereocenters. The van der Waals surface area contributed by atoms with E-state index in [0.717, 1.165) is 16.7 Å². The number of aromatic nitrogens is 2. The molecule has 6 nitrogen and oxygen atoms in total. The third kappa shape index (κ3) is 6.63. The number of oxazole rings is 1. The van der Waals surface area contributed by atoms with Gasteiger partial charge in [0, 0.05) is 42.1 Å². The van der Waals surface area contributed by atoms with Crippen molar-refractivity contribution in [3.8, 4) is 0 Å². The second-order valence-electron chi connectivity index (χ2n) is 7.68. The molecule has 0 saturated heterocycles. The Balaban J connectivity index is 1.46. The highest BCUT2D eigenvalue weighted by Gasteiger charge is 2.17. The van der Waals surface area contributed by atoms with Gasteiger partial charge < -0.3 is 9.73 Å². The predicted molar refractivity (Wildman–Crippen MR) is 128 cm³/mol. The molecule has 1 N–H and O–H groups in total. The summed E-state index contributed by atoms with van der Waals surface area (Å²) in [5.41, 5.74) is 2.84. The third-order valence-electron chi connectivity index (χ3n) is 5.05. The fourth-order valence-electron chi connectivity index (χ4n) is 3.36. The van der Waals surface area contributed by atoms with Crippen LogP contribution in [0.25, 0.3) is 0 Å². The van der Waals surface area contributed by atoms with Crippen LogP contribution in [0.5, 0.6) is 0 Å². The van der Waals surface area contributed by atoms with Crippen LogP contribution in [0.4, 0.5) is 4.39 Å². The van der Waals surface area contributed by atoms with Crippen molar-refractivity contribution in [2.24, 2.45) is 0 Å². The largest absolute Gasteiger partial charge is 0.447 e. The molecule has 0 saturated carbocycles. The van der Waals surface area contributed by atoms with Crippen molar-refractivity contribution in [2.45, 2.75) is 26.2 Å². The Bertz CT molecular complexity index is 1250. The number of hydrogen-bond donors (Lipinski definition) is 1. The van der Waals surface area contributed by atoms with Crippen molar-refractivity contribution in [3.63, 3.8) is 0 Å². The molecule has 2 heterocycles. The summed E-state index contributed by atoms with van der Waals surface area (Å²) in [5, 5.41) is 3.89. The first-order chi connectivity index (χ1) is 16.5. The molecule has 34 heavy (non-hydrogen) atoms. The molecule has 2 aromatic carbocycles. The number of carbonyl (C=O) groups excluding carboxylic acids is 1. The molecular weight excluding hydrogens is 478 g/mol. The number of nitrogens with zero attached hydrogens (tertiary/aromatic N) is 3. The van der Waals surface area contributed by atoms with Gasteiger partial charge in [-0.1, -0.05) is 47.5 Å². The Kier molecular flexibility index (Phi) is 7.90. The number of hydrogen-bond acceptors (Lipinski definition) is 5. The number of pyridine rings is 1. The second-order valence-corrected chi connectivity index (χ2v) is 8.52. The van der Waals surface area contributed by atoms with E-state index in [9.17, 15) is 9.18 Å². The van der Waals surface area contributed by atoms with Crippen molar-refractivity contribution in [1.82, 2.24) is 20.2 Å². The lowest BCUT2D eigenvalue weighted by atomic mass is 10.1. The minimum Gasteiger partial charge on any atom is -0.447 e. The van der Waals surface area contributed by atoms with Crippen molar-refractivity contribution in [2.75, 3.05) is 0 Å². The molecule has 0 spiro atoms. The van der Waals surface area contributed by atoms with E-state index in [2.05, 4.69) is 15.3 Å². The molecule has 0 radical (unpaired) electrons. The number of rotatable bonds is 9. The average molecular weight is 499 g/mol. The highest BCUT2D eigenvalue weighted by Crippen LogP contribution is 2.24. The van der Waals surface area contributed by atoms with Gasteiger partial charge in [-0.05, 0) is 47.0 Å². The van der Waals surface area contributed by atoms with E-state index in [4.69, 9.17) is 27.6 Å². The summed E-state index contributed by atoms with van der Waals surface area (Å²) in [5.74, 6) is -0.269. The fourth-order valence-corrected chi connectivity index (χ4v) is 3.83. The molecule has 4 aromatic rings. The summed E-state index contributed by atoms with van der Waals surface area (Å²) in [6.07, 6.45) is 4.69. The maximum Gasteiger partial charge on any atom is 0.273 e. The number of halogens is 3. The first-order valence-corrected chi connectivity index (χ1v) is 11.2. The molecule has 0 aliphatic heterocycles. The van der Waals surface area contributed by atoms with E-state index in [1.165, 1.54) is 18.4 Å². The van der Waals surface area contributed by atoms with Crippen molar-refractivity contribution >= 4 is 29.1 Å². The van der Waals surface area contributed by atoms with Crippen LogP contribution in [0.2, 0.25) is 10.0 Å². The molecule has 2 aromatic heterocycles. The first kappa shape index (κ1) is 23.9. The molecule has 0 unspecified atom stereocenters. The van der Waals surface area contributed by atoms with Gasteiger partial charge in [0.2, 0.25) is 5.89 Å². The molecule has 0 aliphatic carbocycles. The van der Waals surface area contributed by atoms with Gasteiger partial charge in [-0.3, -0.25) is 14.7 Å². The zero-order valence-electron chi connectivity index (χ0n) is 18.0. The van der Waals surface area contributed by atoms with Crippen LogP contribution in [0.15, 0.2) is 77.7 Å². The predicted octanol–water partition coefficient (Wildman–Crippen LogP) is 5.65. The Morgan fingerprint density at radius 3 is 2.59 bits per heavy atom. The molecule has 0 aliphatic rings. The summed E-state index contributed by atoms with van der Waals surface area (Å²) < 4.78 is 18.9. The van der Waals surface area contributed by atoms with Crippen LogP contribution < -0.4 is 5.32 Å². The van der Waals surface area contributed by atoms with Crippen LogP contribution in [0.3, 0.4) is 0 Å². The molecule has 174 valence electrons. The van der Waals surface area contributed by atoms with Crippen LogP contribution in [-0.4, -0.2) is 20.8 Å². The number of amides is 1. The van der Waals surface area contributed by atoms with E-state index in [1.807, 2.05) is 17.0 Å². The van der Waals surface area contributed by atoms with Gasteiger partial charge in [0.25, 0.3) is 5.91 Å². The van der Waals surface area contributed by atoms with Crippen molar-refractivity contribution in [3.05, 3.63) is 117 Å². The van der Waals surface area contributed by atoms with Gasteiger partial charge in [0.15, 0.2) is 5.69 Å². The van der Waals surface area contributed by atoms with E-state index in [1.54, 1.807) is 42.7 Å². The monoisotopic (exact) mass is 498 g/mol. The van der Waals surface area contributed by atoms with Crippen LogP contribution in [0, 0.1) is 5.82 Å². The van der Waals surface area contributed by atoms with Gasteiger partial charge in [0.1, 0.15) is 12.1 Å². The summed E-state index contributed by atoms with van der Waals surface area (Å²) in [4.78, 5) is 22.9. The van der Waals surface area contributed by atoms with Gasteiger partial charge in [0.05, 0.1) is 6.54 Å². The van der Waals surface area contributed by atoms with E-state index < -0.39 is 0 Å². The average Bonchev–Trinajstić information content (AvgIpc) is 3.30. The fraction of sp³-hybridized carbons (Fsp3) is 0.160. The lowest BCUT2D eigenvalue weighted by Gasteiger charge is -2.21. The van der Waals surface area contributed by atoms with Gasteiger partial charge in [-0.15, -0.1) is 0 Å². The zero-order valence-corrected chi connectivity index (χ0v) is 19.6. The highest BCUT2D eigenvalue weighted by molar-refractivity contribution is 6.35. The smallest absolute Gasteiger partial charge is 0.273 e. The van der Waals surface area contributed by atoms with E-state index >= 15 is 0 Å². The van der Waals surface area contributed by atoms with Gasteiger partial charge in [-0.25, -0.2) is 9.37 Å². The lowest BCUT2D eigenvalue weighted by Crippen LogP contribution is -2.24. The quantitative estimate of drug-likeness (QED) is 0.323. The topological polar surface area (TPSA) is 71.3 Å². The molecule has 9 heteroatoms. The molecule has 0 fully saturated rings. The maximum absolute atomic E-state index is 13.3. The highest BCUT2D eigenvalue weighted by atomic mass is 35.5. The van der Waals surface area contributed by atoms with Crippen molar-refractivity contribution in [1.29, 1.82) is 0 Å². The summed E-state index contributed by atoms with van der Waals surface area (Å²) >= 11 is 12.4.